The minimum atomic E-state index is -0.409. The first-order valence-electron chi connectivity index (χ1n) is 8.43. The van der Waals surface area contributed by atoms with Gasteiger partial charge in [-0.2, -0.15) is 0 Å². The van der Waals surface area contributed by atoms with Gasteiger partial charge in [0.05, 0.1) is 0 Å². The average Bonchev–Trinajstić information content (AvgIpc) is 3.14. The van der Waals surface area contributed by atoms with Gasteiger partial charge in [0.1, 0.15) is 6.04 Å². The van der Waals surface area contributed by atoms with E-state index in [1.165, 1.54) is 0 Å². The van der Waals surface area contributed by atoms with E-state index in [4.69, 9.17) is 0 Å². The van der Waals surface area contributed by atoms with Crippen molar-refractivity contribution in [2.24, 2.45) is 5.92 Å². The number of piperazine rings is 1. The third kappa shape index (κ3) is 3.88. The number of nitrogens with zero attached hydrogens (tertiary/aromatic N) is 2. The molecule has 0 aromatic carbocycles. The summed E-state index contributed by atoms with van der Waals surface area (Å²) in [7, 11) is 0. The molecule has 3 rings (SSSR count). The zero-order valence-corrected chi connectivity index (χ0v) is 13.3. The molecule has 2 aliphatic rings. The van der Waals surface area contributed by atoms with Gasteiger partial charge in [0.2, 0.25) is 11.8 Å². The summed E-state index contributed by atoms with van der Waals surface area (Å²) in [5.74, 6) is 0.180. The van der Waals surface area contributed by atoms with Crippen LogP contribution < -0.4 is 10.6 Å². The van der Waals surface area contributed by atoms with E-state index in [0.29, 0.717) is 19.6 Å². The second-order valence-corrected chi connectivity index (χ2v) is 6.31. The summed E-state index contributed by atoms with van der Waals surface area (Å²) in [5.41, 5.74) is 0.957. The highest BCUT2D eigenvalue weighted by molar-refractivity contribution is 5.89. The van der Waals surface area contributed by atoms with Gasteiger partial charge in [-0.05, 0) is 24.5 Å². The molecule has 1 aliphatic carbocycles. The molecule has 1 atom stereocenters. The number of carbonyl (C=O) groups is 2. The molecule has 1 aromatic heterocycles. The Labute approximate surface area is 136 Å². The third-order valence-electron chi connectivity index (χ3n) is 4.72. The van der Waals surface area contributed by atoms with Crippen molar-refractivity contribution in [1.82, 2.24) is 20.5 Å². The van der Waals surface area contributed by atoms with Crippen LogP contribution in [0.15, 0.2) is 24.5 Å². The molecule has 2 N–H and O–H groups in total. The summed E-state index contributed by atoms with van der Waals surface area (Å²) >= 11 is 0. The standard InChI is InChI=1S/C17H24N4O2/c22-16(20-11-13-4-3-7-18-10-13)15-12-19-8-9-21(15)17(23)14-5-1-2-6-14/h3-4,7,10,14-15,19H,1-2,5-6,8-9,11-12H2,(H,20,22). The van der Waals surface area contributed by atoms with Gasteiger partial charge >= 0.3 is 0 Å². The van der Waals surface area contributed by atoms with Crippen molar-refractivity contribution in [2.45, 2.75) is 38.3 Å². The van der Waals surface area contributed by atoms with Gasteiger partial charge in [-0.25, -0.2) is 0 Å². The molecule has 1 aromatic rings. The zero-order chi connectivity index (χ0) is 16.1. The Balaban J connectivity index is 1.61. The fraction of sp³-hybridized carbons (Fsp3) is 0.588. The molecule has 2 heterocycles. The van der Waals surface area contributed by atoms with E-state index in [2.05, 4.69) is 15.6 Å². The molecule has 0 spiro atoms. The van der Waals surface area contributed by atoms with Crippen molar-refractivity contribution in [3.05, 3.63) is 30.1 Å². The molecule has 1 saturated carbocycles. The SMILES string of the molecule is O=C(NCc1cccnc1)C1CNCCN1C(=O)C1CCCC1. The number of hydrogen-bond donors (Lipinski definition) is 2. The highest BCUT2D eigenvalue weighted by atomic mass is 16.2. The van der Waals surface area contributed by atoms with Gasteiger partial charge in [0.25, 0.3) is 0 Å². The van der Waals surface area contributed by atoms with Crippen molar-refractivity contribution in [2.75, 3.05) is 19.6 Å². The van der Waals surface area contributed by atoms with Crippen LogP contribution in [-0.2, 0) is 16.1 Å². The molecule has 124 valence electrons. The van der Waals surface area contributed by atoms with Crippen LogP contribution in [0.4, 0.5) is 0 Å². The van der Waals surface area contributed by atoms with Gasteiger partial charge in [-0.1, -0.05) is 18.9 Å². The summed E-state index contributed by atoms with van der Waals surface area (Å²) < 4.78 is 0. The second-order valence-electron chi connectivity index (χ2n) is 6.31. The maximum absolute atomic E-state index is 12.7. The third-order valence-corrected chi connectivity index (χ3v) is 4.72. The molecule has 6 heteroatoms. The number of rotatable bonds is 4. The summed E-state index contributed by atoms with van der Waals surface area (Å²) in [6.45, 7) is 2.33. The minimum absolute atomic E-state index is 0.0904. The van der Waals surface area contributed by atoms with Gasteiger partial charge < -0.3 is 15.5 Å². The normalized spacial score (nSPS) is 22.1. The van der Waals surface area contributed by atoms with Crippen molar-refractivity contribution in [3.63, 3.8) is 0 Å². The first kappa shape index (κ1) is 15.9. The predicted molar refractivity (Wildman–Crippen MR) is 86.4 cm³/mol. The van der Waals surface area contributed by atoms with E-state index in [0.717, 1.165) is 37.8 Å². The van der Waals surface area contributed by atoms with Crippen LogP contribution in [-0.4, -0.2) is 47.4 Å². The van der Waals surface area contributed by atoms with Crippen molar-refractivity contribution in [3.8, 4) is 0 Å². The van der Waals surface area contributed by atoms with E-state index in [1.807, 2.05) is 12.1 Å². The van der Waals surface area contributed by atoms with Gasteiger partial charge in [-0.3, -0.25) is 14.6 Å². The lowest BCUT2D eigenvalue weighted by Crippen LogP contribution is -2.60. The Morgan fingerprint density at radius 2 is 2.17 bits per heavy atom. The Bertz CT molecular complexity index is 543. The Morgan fingerprint density at radius 3 is 2.91 bits per heavy atom. The lowest BCUT2D eigenvalue weighted by Gasteiger charge is -2.36. The lowest BCUT2D eigenvalue weighted by atomic mass is 10.0. The van der Waals surface area contributed by atoms with Crippen LogP contribution >= 0.6 is 0 Å². The van der Waals surface area contributed by atoms with Crippen LogP contribution in [0.25, 0.3) is 0 Å². The molecular weight excluding hydrogens is 292 g/mol. The van der Waals surface area contributed by atoms with E-state index in [9.17, 15) is 9.59 Å². The molecule has 1 aliphatic heterocycles. The number of carbonyl (C=O) groups excluding carboxylic acids is 2. The molecule has 0 bridgehead atoms. The van der Waals surface area contributed by atoms with E-state index in [1.54, 1.807) is 17.3 Å². The molecule has 6 nitrogen and oxygen atoms in total. The Hall–Kier alpha value is -1.95. The summed E-state index contributed by atoms with van der Waals surface area (Å²) in [4.78, 5) is 31.1. The van der Waals surface area contributed by atoms with Crippen LogP contribution in [0.5, 0.6) is 0 Å². The number of amides is 2. The van der Waals surface area contributed by atoms with E-state index in [-0.39, 0.29) is 17.7 Å². The number of pyridine rings is 1. The largest absolute Gasteiger partial charge is 0.350 e. The second kappa shape index (κ2) is 7.55. The van der Waals surface area contributed by atoms with Crippen LogP contribution in [0.2, 0.25) is 0 Å². The van der Waals surface area contributed by atoms with E-state index < -0.39 is 6.04 Å². The number of nitrogens with one attached hydrogen (secondary N) is 2. The fourth-order valence-electron chi connectivity index (χ4n) is 3.42. The molecule has 0 radical (unpaired) electrons. The van der Waals surface area contributed by atoms with Crippen molar-refractivity contribution in [1.29, 1.82) is 0 Å². The Morgan fingerprint density at radius 1 is 1.35 bits per heavy atom. The fourth-order valence-corrected chi connectivity index (χ4v) is 3.42. The number of hydrogen-bond acceptors (Lipinski definition) is 4. The minimum Gasteiger partial charge on any atom is -0.350 e. The summed E-state index contributed by atoms with van der Waals surface area (Å²) in [6.07, 6.45) is 7.62. The monoisotopic (exact) mass is 316 g/mol. The van der Waals surface area contributed by atoms with E-state index >= 15 is 0 Å². The first-order chi connectivity index (χ1) is 11.3. The van der Waals surface area contributed by atoms with Gasteiger partial charge in [-0.15, -0.1) is 0 Å². The highest BCUT2D eigenvalue weighted by Crippen LogP contribution is 2.27. The van der Waals surface area contributed by atoms with Crippen molar-refractivity contribution < 1.29 is 9.59 Å². The Kier molecular flexibility index (Phi) is 5.23. The smallest absolute Gasteiger partial charge is 0.244 e. The molecule has 2 fully saturated rings. The van der Waals surface area contributed by atoms with Crippen LogP contribution in [0, 0.1) is 5.92 Å². The predicted octanol–water partition coefficient (Wildman–Crippen LogP) is 0.688. The van der Waals surface area contributed by atoms with Crippen LogP contribution in [0.3, 0.4) is 0 Å². The average molecular weight is 316 g/mol. The first-order valence-corrected chi connectivity index (χ1v) is 8.43. The molecule has 1 saturated heterocycles. The van der Waals surface area contributed by atoms with Crippen LogP contribution in [0.1, 0.15) is 31.2 Å². The van der Waals surface area contributed by atoms with Gasteiger partial charge in [0, 0.05) is 44.5 Å². The molecular formula is C17H24N4O2. The number of aromatic nitrogens is 1. The maximum Gasteiger partial charge on any atom is 0.244 e. The summed E-state index contributed by atoms with van der Waals surface area (Å²) in [6, 6.07) is 3.36. The zero-order valence-electron chi connectivity index (χ0n) is 13.3. The van der Waals surface area contributed by atoms with Gasteiger partial charge in [0.15, 0.2) is 0 Å². The molecule has 1 unspecified atom stereocenters. The van der Waals surface area contributed by atoms with Crippen molar-refractivity contribution >= 4 is 11.8 Å². The highest BCUT2D eigenvalue weighted by Gasteiger charge is 2.36. The quantitative estimate of drug-likeness (QED) is 0.857. The lowest BCUT2D eigenvalue weighted by molar-refractivity contribution is -0.144. The topological polar surface area (TPSA) is 74.3 Å². The molecule has 2 amide bonds. The molecule has 23 heavy (non-hydrogen) atoms. The maximum atomic E-state index is 12.7. The summed E-state index contributed by atoms with van der Waals surface area (Å²) in [5, 5.41) is 6.15.